The number of rotatable bonds is 14. The van der Waals surface area contributed by atoms with Crippen LogP contribution in [-0.4, -0.2) is 82.0 Å². The molecule has 524 valence electrons. The molecular formula is C76H82Cl2F5N7O7S2. The SMILES string of the molecule is C.CCn1c(C)c(C2CC3(CC(NC(=O)c4ccc5ccccc5n4)C3)C2)c2cc(F)ccc21.CCn1c(C)c(C2CC3(CC(NS(=O)(=O)c4ccc(F)cc4)C3)C2)c2cc(F)ccc21.Cc1c(C2CC3(C2)CN(S(=O)(=O)c2ccc(F)cc2)C3)c2cc(F)ccc2n1CC(=O)O.Cl.Cl. The number of carbonyl (C=O) groups excluding carboxylic acids is 1. The lowest BCUT2D eigenvalue weighted by atomic mass is 9.49. The minimum Gasteiger partial charge on any atom is -0.480 e. The van der Waals surface area contributed by atoms with Crippen LogP contribution < -0.4 is 10.0 Å². The summed E-state index contributed by atoms with van der Waals surface area (Å²) in [6.07, 6.45) is 9.40. The van der Waals surface area contributed by atoms with E-state index >= 15 is 0 Å². The van der Waals surface area contributed by atoms with Gasteiger partial charge in [0.15, 0.2) is 0 Å². The first-order valence-corrected chi connectivity index (χ1v) is 36.0. The molecule has 6 aromatic carbocycles. The van der Waals surface area contributed by atoms with Gasteiger partial charge in [-0.1, -0.05) is 31.7 Å². The average Bonchev–Trinajstić information content (AvgIpc) is 1.72. The number of fused-ring (bicyclic) bond motifs is 4. The number of carboxylic acid groups (broad SMARTS) is 1. The second-order valence-corrected chi connectivity index (χ2v) is 31.8. The Bertz CT molecular complexity index is 4980. The van der Waals surface area contributed by atoms with Crippen LogP contribution in [0.3, 0.4) is 0 Å². The van der Waals surface area contributed by atoms with E-state index < -0.39 is 37.7 Å². The Morgan fingerprint density at radius 1 is 0.515 bits per heavy atom. The average molecular weight is 1440 g/mol. The van der Waals surface area contributed by atoms with Gasteiger partial charge in [-0.2, -0.15) is 4.31 Å². The summed E-state index contributed by atoms with van der Waals surface area (Å²) in [5.74, 6) is -1.78. The Kier molecular flexibility index (Phi) is 20.1. The fourth-order valence-corrected chi connectivity index (χ4v) is 20.7. The first-order chi connectivity index (χ1) is 45.8. The number of carbonyl (C=O) groups is 2. The second-order valence-electron chi connectivity index (χ2n) is 28.1. The molecule has 3 spiro atoms. The first-order valence-electron chi connectivity index (χ1n) is 33.0. The first kappa shape index (κ1) is 72.6. The van der Waals surface area contributed by atoms with Gasteiger partial charge in [-0.3, -0.25) is 9.59 Å². The number of nitrogens with one attached hydrogen (secondary N) is 2. The summed E-state index contributed by atoms with van der Waals surface area (Å²) in [5, 5.41) is 16.3. The quantitative estimate of drug-likeness (QED) is 0.0901. The largest absolute Gasteiger partial charge is 0.480 e. The molecule has 10 aromatic rings. The van der Waals surface area contributed by atoms with Crippen molar-refractivity contribution < 1.29 is 53.5 Å². The smallest absolute Gasteiger partial charge is 0.323 e. The lowest BCUT2D eigenvalue weighted by molar-refractivity contribution is -0.137. The number of aliphatic carboxylic acids is 1. The van der Waals surface area contributed by atoms with Crippen molar-refractivity contribution in [2.75, 3.05) is 13.1 Å². The number of amides is 1. The lowest BCUT2D eigenvalue weighted by Crippen LogP contribution is -2.63. The van der Waals surface area contributed by atoms with Crippen LogP contribution in [0.15, 0.2) is 149 Å². The highest BCUT2D eigenvalue weighted by Crippen LogP contribution is 2.65. The lowest BCUT2D eigenvalue weighted by Gasteiger charge is -2.58. The van der Waals surface area contributed by atoms with Crippen molar-refractivity contribution in [2.24, 2.45) is 16.2 Å². The van der Waals surface area contributed by atoms with Gasteiger partial charge in [-0.15, -0.1) is 24.8 Å². The molecule has 0 unspecified atom stereocenters. The van der Waals surface area contributed by atoms with E-state index in [1.165, 1.54) is 69.3 Å². The summed E-state index contributed by atoms with van der Waals surface area (Å²) in [6.45, 7) is 12.7. The van der Waals surface area contributed by atoms with Gasteiger partial charge in [0.1, 0.15) is 41.3 Å². The Morgan fingerprint density at radius 3 is 1.37 bits per heavy atom. The van der Waals surface area contributed by atoms with Crippen LogP contribution in [0.1, 0.15) is 147 Å². The van der Waals surface area contributed by atoms with Crippen molar-refractivity contribution in [3.05, 3.63) is 208 Å². The van der Waals surface area contributed by atoms with Crippen molar-refractivity contribution >= 4 is 100 Å². The van der Waals surface area contributed by atoms with Gasteiger partial charge in [-0.25, -0.2) is 48.5 Å². The number of sulfonamides is 2. The predicted molar refractivity (Wildman–Crippen MR) is 380 cm³/mol. The van der Waals surface area contributed by atoms with E-state index in [9.17, 15) is 53.5 Å². The van der Waals surface area contributed by atoms with Crippen molar-refractivity contribution in [1.82, 2.24) is 33.0 Å². The Hall–Kier alpha value is -7.66. The maximum absolute atomic E-state index is 14.0. The molecule has 0 atom stereocenters. The number of para-hydroxylation sites is 1. The van der Waals surface area contributed by atoms with Crippen LogP contribution in [0.2, 0.25) is 0 Å². The molecule has 5 aliphatic carbocycles. The summed E-state index contributed by atoms with van der Waals surface area (Å²) in [4.78, 5) is 28.8. The minimum atomic E-state index is -3.66. The summed E-state index contributed by atoms with van der Waals surface area (Å²) < 4.78 is 129. The van der Waals surface area contributed by atoms with Crippen LogP contribution in [0, 0.1) is 66.1 Å². The van der Waals surface area contributed by atoms with E-state index in [2.05, 4.69) is 51.9 Å². The molecule has 14 nitrogen and oxygen atoms in total. The number of aromatic nitrogens is 4. The molecule has 1 amide bonds. The number of halogens is 7. The molecule has 99 heavy (non-hydrogen) atoms. The van der Waals surface area contributed by atoms with E-state index in [0.29, 0.717) is 41.6 Å². The highest BCUT2D eigenvalue weighted by molar-refractivity contribution is 7.89. The molecule has 23 heteroatoms. The molecule has 0 radical (unpaired) electrons. The molecule has 5 saturated carbocycles. The van der Waals surface area contributed by atoms with E-state index in [-0.39, 0.29) is 101 Å². The third-order valence-corrected chi connectivity index (χ3v) is 25.4. The summed E-state index contributed by atoms with van der Waals surface area (Å²) in [7, 11) is -7.30. The second kappa shape index (κ2) is 27.4. The molecule has 0 bridgehead atoms. The van der Waals surface area contributed by atoms with Crippen molar-refractivity contribution in [1.29, 1.82) is 0 Å². The molecular weight excluding hydrogens is 1350 g/mol. The van der Waals surface area contributed by atoms with Gasteiger partial charge in [0, 0.05) is 93.4 Å². The standard InChI is InChI=1S/C28H28FN3O.C24H26F2N2O2S.C23H22F2N2O4S.CH4.2ClH/c1-3-32-17(2)26(22-12-20(29)9-11-25(22)32)19-13-28(14-19)15-21(16-28)30-27(33)24-10-8-18-6-4-5-7-23(18)31-24;1-3-28-15(2)23(21-10-18(26)6-9-22(21)28)16-11-24(12-16)13-19(14-24)27-31(29,30)20-7-4-17(25)5-8-20;1-14-22(19-8-17(25)4-7-20(19)27(14)11-21(28)29)15-9-23(10-15)12-26(13-23)32(30,31)18-5-2-16(24)3-6-18;;;/h4-12,19,21H,3,13-16H2,1-2H3,(H,30,33);4-10,16,19,27H,3,11-14H2,1-2H3;2-8,15H,9-13H2,1H3,(H,28,29);1H4;2*1H. The number of benzene rings is 6. The predicted octanol–water partition coefficient (Wildman–Crippen LogP) is 16.7. The Balaban J connectivity index is 0.000000148. The summed E-state index contributed by atoms with van der Waals surface area (Å²) in [6, 6.07) is 36.0. The third-order valence-electron chi connectivity index (χ3n) is 22.0. The zero-order valence-electron chi connectivity index (χ0n) is 54.9. The van der Waals surface area contributed by atoms with Gasteiger partial charge < -0.3 is 24.1 Å². The molecule has 5 heterocycles. The zero-order chi connectivity index (χ0) is 67.5. The molecule has 6 aliphatic rings. The number of carboxylic acids is 1. The molecule has 1 saturated heterocycles. The topological polar surface area (TPSA) is 178 Å². The van der Waals surface area contributed by atoms with Gasteiger partial charge in [0.05, 0.1) is 15.3 Å². The van der Waals surface area contributed by atoms with E-state index in [4.69, 9.17) is 0 Å². The van der Waals surface area contributed by atoms with Crippen LogP contribution in [0.5, 0.6) is 0 Å². The number of nitrogens with zero attached hydrogens (tertiary/aromatic N) is 5. The van der Waals surface area contributed by atoms with Gasteiger partial charge in [0.25, 0.3) is 5.91 Å². The van der Waals surface area contributed by atoms with Gasteiger partial charge in [-0.05, 0) is 265 Å². The molecule has 4 aromatic heterocycles. The van der Waals surface area contributed by atoms with E-state index in [1.807, 2.05) is 49.4 Å². The summed E-state index contributed by atoms with van der Waals surface area (Å²) in [5.41, 5.74) is 11.4. The fourth-order valence-electron chi connectivity index (χ4n) is 17.8. The highest BCUT2D eigenvalue weighted by Gasteiger charge is 2.58. The molecule has 16 rings (SSSR count). The normalized spacial score (nSPS) is 22.0. The monoisotopic (exact) mass is 1430 g/mol. The van der Waals surface area contributed by atoms with Crippen LogP contribution in [0.25, 0.3) is 43.6 Å². The Morgan fingerprint density at radius 2 is 0.919 bits per heavy atom. The highest BCUT2D eigenvalue weighted by atomic mass is 35.5. The number of hydrogen-bond acceptors (Lipinski definition) is 7. The van der Waals surface area contributed by atoms with E-state index in [0.717, 1.165) is 151 Å². The Labute approximate surface area is 586 Å². The summed E-state index contributed by atoms with van der Waals surface area (Å²) >= 11 is 0. The third kappa shape index (κ3) is 13.3. The van der Waals surface area contributed by atoms with E-state index in [1.54, 1.807) is 34.9 Å². The maximum atomic E-state index is 14.0. The molecule has 1 aliphatic heterocycles. The van der Waals surface area contributed by atoms with Crippen LogP contribution in [-0.2, 0) is 44.5 Å². The van der Waals surface area contributed by atoms with Crippen LogP contribution >= 0.6 is 24.8 Å². The van der Waals surface area contributed by atoms with Crippen molar-refractivity contribution in [3.8, 4) is 0 Å². The van der Waals surface area contributed by atoms with Crippen molar-refractivity contribution in [2.45, 2.75) is 166 Å². The fraction of sp³-hybridized carbons (Fsp3) is 0.382. The maximum Gasteiger partial charge on any atom is 0.323 e. The van der Waals surface area contributed by atoms with Crippen molar-refractivity contribution in [3.63, 3.8) is 0 Å². The van der Waals surface area contributed by atoms with Gasteiger partial charge >= 0.3 is 5.97 Å². The van der Waals surface area contributed by atoms with Gasteiger partial charge in [0.2, 0.25) is 20.0 Å². The molecule has 3 N–H and O–H groups in total. The zero-order valence-corrected chi connectivity index (χ0v) is 58.2. The number of aryl methyl sites for hydroxylation is 2. The number of hydrogen-bond donors (Lipinski definition) is 3. The van der Waals surface area contributed by atoms with Crippen LogP contribution in [0.4, 0.5) is 22.0 Å². The minimum absolute atomic E-state index is 0. The molecule has 6 fully saturated rings. The number of pyridine rings is 1.